The summed E-state index contributed by atoms with van der Waals surface area (Å²) in [5.41, 5.74) is 1.15. The first-order chi connectivity index (χ1) is 9.04. The monoisotopic (exact) mass is 269 g/mol. The van der Waals surface area contributed by atoms with E-state index in [-0.39, 0.29) is 0 Å². The second-order valence-corrected chi connectivity index (χ2v) is 5.38. The van der Waals surface area contributed by atoms with Crippen LogP contribution >= 0.6 is 0 Å². The van der Waals surface area contributed by atoms with E-state index >= 15 is 0 Å². The Kier molecular flexibility index (Phi) is 7.00. The van der Waals surface area contributed by atoms with E-state index in [0.29, 0.717) is 23.5 Å². The highest BCUT2D eigenvalue weighted by molar-refractivity contribution is 5.25. The van der Waals surface area contributed by atoms with Gasteiger partial charge in [0, 0.05) is 6.07 Å². The topological polar surface area (TPSA) is 12.0 Å². The lowest BCUT2D eigenvalue weighted by molar-refractivity contribution is 0.464. The minimum atomic E-state index is -0.460. The van der Waals surface area contributed by atoms with Crippen LogP contribution in [0.15, 0.2) is 12.1 Å². The summed E-state index contributed by atoms with van der Waals surface area (Å²) in [6, 6.07) is 2.63. The Balaban J connectivity index is 2.37. The lowest BCUT2D eigenvalue weighted by Gasteiger charge is -2.12. The second kappa shape index (κ2) is 8.26. The van der Waals surface area contributed by atoms with Gasteiger partial charge >= 0.3 is 0 Å². The van der Waals surface area contributed by atoms with Crippen molar-refractivity contribution in [1.29, 1.82) is 0 Å². The molecule has 1 atom stereocenters. The van der Waals surface area contributed by atoms with Gasteiger partial charge in [-0.05, 0) is 62.7 Å². The SMILES string of the molecule is CCCNCCC(C)CCc1cc(C)c(F)cc1F. The fourth-order valence-electron chi connectivity index (χ4n) is 2.11. The summed E-state index contributed by atoms with van der Waals surface area (Å²) in [5.74, 6) is -0.327. The predicted octanol–water partition coefficient (Wildman–Crippen LogP) is 4.23. The van der Waals surface area contributed by atoms with Crippen LogP contribution in [0.25, 0.3) is 0 Å². The number of aryl methyl sites for hydroxylation is 2. The minimum Gasteiger partial charge on any atom is -0.317 e. The number of benzene rings is 1. The van der Waals surface area contributed by atoms with Crippen LogP contribution in [0.2, 0.25) is 0 Å². The highest BCUT2D eigenvalue weighted by atomic mass is 19.1. The molecule has 3 heteroatoms. The molecule has 1 rings (SSSR count). The molecule has 0 aliphatic carbocycles. The van der Waals surface area contributed by atoms with Crippen molar-refractivity contribution in [1.82, 2.24) is 5.32 Å². The first-order valence-corrected chi connectivity index (χ1v) is 7.19. The third-order valence-corrected chi connectivity index (χ3v) is 3.47. The number of hydrogen-bond acceptors (Lipinski definition) is 1. The van der Waals surface area contributed by atoms with E-state index < -0.39 is 11.6 Å². The van der Waals surface area contributed by atoms with Gasteiger partial charge < -0.3 is 5.32 Å². The molecule has 1 unspecified atom stereocenters. The van der Waals surface area contributed by atoms with Crippen LogP contribution in [-0.2, 0) is 6.42 Å². The molecule has 0 heterocycles. The first kappa shape index (κ1) is 16.1. The lowest BCUT2D eigenvalue weighted by Crippen LogP contribution is -2.18. The zero-order valence-corrected chi connectivity index (χ0v) is 12.2. The average molecular weight is 269 g/mol. The Labute approximate surface area is 115 Å². The van der Waals surface area contributed by atoms with Crippen LogP contribution < -0.4 is 5.32 Å². The average Bonchev–Trinajstić information content (AvgIpc) is 2.37. The Morgan fingerprint density at radius 2 is 1.84 bits per heavy atom. The predicted molar refractivity (Wildman–Crippen MR) is 76.4 cm³/mol. The van der Waals surface area contributed by atoms with Gasteiger partial charge in [-0.1, -0.05) is 19.9 Å². The summed E-state index contributed by atoms with van der Waals surface area (Å²) < 4.78 is 26.7. The molecule has 1 aromatic rings. The molecule has 0 radical (unpaired) electrons. The van der Waals surface area contributed by atoms with Gasteiger partial charge in [0.05, 0.1) is 0 Å². The molecule has 0 aromatic heterocycles. The van der Waals surface area contributed by atoms with Crippen molar-refractivity contribution in [3.63, 3.8) is 0 Å². The third kappa shape index (κ3) is 5.68. The third-order valence-electron chi connectivity index (χ3n) is 3.47. The van der Waals surface area contributed by atoms with Crippen LogP contribution in [0.1, 0.15) is 44.2 Å². The quantitative estimate of drug-likeness (QED) is 0.696. The van der Waals surface area contributed by atoms with Gasteiger partial charge in [-0.25, -0.2) is 8.78 Å². The van der Waals surface area contributed by atoms with Crippen molar-refractivity contribution in [3.05, 3.63) is 34.9 Å². The van der Waals surface area contributed by atoms with Gasteiger partial charge in [0.25, 0.3) is 0 Å². The fourth-order valence-corrected chi connectivity index (χ4v) is 2.11. The molecule has 0 aliphatic heterocycles. The molecule has 108 valence electrons. The summed E-state index contributed by atoms with van der Waals surface area (Å²) >= 11 is 0. The summed E-state index contributed by atoms with van der Waals surface area (Å²) in [5, 5.41) is 3.37. The molecule has 0 bridgehead atoms. The number of halogens is 2. The van der Waals surface area contributed by atoms with Crippen molar-refractivity contribution >= 4 is 0 Å². The zero-order chi connectivity index (χ0) is 14.3. The maximum atomic E-state index is 13.6. The lowest BCUT2D eigenvalue weighted by atomic mass is 9.97. The molecular weight excluding hydrogens is 244 g/mol. The molecule has 0 fully saturated rings. The summed E-state index contributed by atoms with van der Waals surface area (Å²) in [6.07, 6.45) is 3.87. The second-order valence-electron chi connectivity index (χ2n) is 5.38. The largest absolute Gasteiger partial charge is 0.317 e. The molecule has 0 spiro atoms. The summed E-state index contributed by atoms with van der Waals surface area (Å²) in [4.78, 5) is 0. The molecule has 1 nitrogen and oxygen atoms in total. The van der Waals surface area contributed by atoms with E-state index in [1.165, 1.54) is 0 Å². The molecule has 1 aromatic carbocycles. The van der Waals surface area contributed by atoms with Gasteiger partial charge in [0.2, 0.25) is 0 Å². The Morgan fingerprint density at radius 1 is 1.11 bits per heavy atom. The Bertz CT molecular complexity index is 391. The molecular formula is C16H25F2N. The fraction of sp³-hybridized carbons (Fsp3) is 0.625. The molecule has 0 saturated carbocycles. The van der Waals surface area contributed by atoms with Crippen LogP contribution in [0, 0.1) is 24.5 Å². The van der Waals surface area contributed by atoms with Crippen LogP contribution in [0.3, 0.4) is 0 Å². The van der Waals surface area contributed by atoms with Crippen molar-refractivity contribution in [2.24, 2.45) is 5.92 Å². The minimum absolute atomic E-state index is 0.417. The highest BCUT2D eigenvalue weighted by Gasteiger charge is 2.09. The maximum Gasteiger partial charge on any atom is 0.129 e. The smallest absolute Gasteiger partial charge is 0.129 e. The van der Waals surface area contributed by atoms with Crippen molar-refractivity contribution in [2.75, 3.05) is 13.1 Å². The molecule has 1 N–H and O–H groups in total. The van der Waals surface area contributed by atoms with E-state index in [0.717, 1.165) is 38.4 Å². The first-order valence-electron chi connectivity index (χ1n) is 7.19. The summed E-state index contributed by atoms with van der Waals surface area (Å²) in [6.45, 7) is 8.08. The number of nitrogens with one attached hydrogen (secondary N) is 1. The molecule has 0 amide bonds. The van der Waals surface area contributed by atoms with Crippen LogP contribution in [0.5, 0.6) is 0 Å². The van der Waals surface area contributed by atoms with Gasteiger partial charge in [0.1, 0.15) is 11.6 Å². The van der Waals surface area contributed by atoms with Crippen LogP contribution in [-0.4, -0.2) is 13.1 Å². The van der Waals surface area contributed by atoms with Gasteiger partial charge in [0.15, 0.2) is 0 Å². The van der Waals surface area contributed by atoms with E-state index in [1.54, 1.807) is 13.0 Å². The van der Waals surface area contributed by atoms with E-state index in [9.17, 15) is 8.78 Å². The standard InChI is InChI=1S/C16H25F2N/c1-4-8-19-9-7-12(2)5-6-14-10-13(3)15(17)11-16(14)18/h10-12,19H,4-9H2,1-3H3. The van der Waals surface area contributed by atoms with Crippen molar-refractivity contribution < 1.29 is 8.78 Å². The van der Waals surface area contributed by atoms with Crippen molar-refractivity contribution in [3.8, 4) is 0 Å². The summed E-state index contributed by atoms with van der Waals surface area (Å²) in [7, 11) is 0. The van der Waals surface area contributed by atoms with Crippen molar-refractivity contribution in [2.45, 2.75) is 46.5 Å². The van der Waals surface area contributed by atoms with E-state index in [2.05, 4.69) is 19.2 Å². The maximum absolute atomic E-state index is 13.6. The van der Waals surface area contributed by atoms with Gasteiger partial charge in [-0.15, -0.1) is 0 Å². The molecule has 0 aliphatic rings. The van der Waals surface area contributed by atoms with Crippen LogP contribution in [0.4, 0.5) is 8.78 Å². The number of hydrogen-bond donors (Lipinski definition) is 1. The van der Waals surface area contributed by atoms with Gasteiger partial charge in [-0.3, -0.25) is 0 Å². The zero-order valence-electron chi connectivity index (χ0n) is 12.2. The van der Waals surface area contributed by atoms with Gasteiger partial charge in [-0.2, -0.15) is 0 Å². The molecule has 0 saturated heterocycles. The molecule has 19 heavy (non-hydrogen) atoms. The normalized spacial score (nSPS) is 12.7. The Hall–Kier alpha value is -0.960. The Morgan fingerprint density at radius 3 is 2.53 bits per heavy atom. The van der Waals surface area contributed by atoms with E-state index in [4.69, 9.17) is 0 Å². The number of rotatable bonds is 8. The highest BCUT2D eigenvalue weighted by Crippen LogP contribution is 2.18. The van der Waals surface area contributed by atoms with E-state index in [1.807, 2.05) is 0 Å².